The predicted molar refractivity (Wildman–Crippen MR) is 110 cm³/mol. The van der Waals surface area contributed by atoms with E-state index in [9.17, 15) is 18.0 Å². The van der Waals surface area contributed by atoms with Crippen LogP contribution >= 0.6 is 0 Å². The number of nitrogens with one attached hydrogen (secondary N) is 2. The minimum absolute atomic E-state index is 0.354. The van der Waals surface area contributed by atoms with Crippen LogP contribution in [0.1, 0.15) is 0 Å². The second kappa shape index (κ2) is 7.67. The zero-order valence-electron chi connectivity index (χ0n) is 16.3. The first-order valence-electron chi connectivity index (χ1n) is 9.18. The number of hydrogen-bond acceptors (Lipinski definition) is 4. The van der Waals surface area contributed by atoms with E-state index in [1.807, 2.05) is 35.0 Å². The lowest BCUT2D eigenvalue weighted by atomic mass is 10.1. The molecule has 2 amide bonds. The van der Waals surface area contributed by atoms with Gasteiger partial charge in [0, 0.05) is 36.3 Å². The lowest BCUT2D eigenvalue weighted by molar-refractivity contribution is -0.122. The Kier molecular flexibility index (Phi) is 5.01. The highest BCUT2D eigenvalue weighted by Crippen LogP contribution is 2.28. The standard InChI is InChI=1S/C20H18F3N7O/c1-29-10-15(18(24)28-29)12-5-6-30-16(9-25-17(30)8-12)13-3-2-4-14(7-13)27-19(31)26-11-20(21,22)23/h2-10H,11H2,1H3,(H2,24,28)(H2,26,27,31). The number of carbonyl (C=O) groups is 1. The number of urea groups is 1. The van der Waals surface area contributed by atoms with Crippen molar-refractivity contribution < 1.29 is 18.0 Å². The Hall–Kier alpha value is -4.02. The van der Waals surface area contributed by atoms with Crippen molar-refractivity contribution in [1.29, 1.82) is 0 Å². The summed E-state index contributed by atoms with van der Waals surface area (Å²) >= 11 is 0. The number of fused-ring (bicyclic) bond motifs is 1. The number of nitrogens with zero attached hydrogens (tertiary/aromatic N) is 4. The van der Waals surface area contributed by atoms with E-state index in [0.29, 0.717) is 17.2 Å². The van der Waals surface area contributed by atoms with Gasteiger partial charge in [0.15, 0.2) is 5.82 Å². The first-order chi connectivity index (χ1) is 14.7. The normalized spacial score (nSPS) is 11.6. The smallest absolute Gasteiger partial charge is 0.382 e. The van der Waals surface area contributed by atoms with Crippen molar-refractivity contribution in [3.05, 3.63) is 55.0 Å². The van der Waals surface area contributed by atoms with Crippen LogP contribution in [0.5, 0.6) is 0 Å². The third-order valence-corrected chi connectivity index (χ3v) is 4.55. The lowest BCUT2D eigenvalue weighted by Gasteiger charge is -2.11. The molecule has 31 heavy (non-hydrogen) atoms. The molecule has 3 heterocycles. The van der Waals surface area contributed by atoms with E-state index in [1.165, 1.54) is 0 Å². The molecule has 4 N–H and O–H groups in total. The Morgan fingerprint density at radius 1 is 1.19 bits per heavy atom. The number of alkyl halides is 3. The number of anilines is 2. The highest BCUT2D eigenvalue weighted by Gasteiger charge is 2.27. The van der Waals surface area contributed by atoms with Gasteiger partial charge < -0.3 is 16.4 Å². The molecule has 0 bridgehead atoms. The predicted octanol–water partition coefficient (Wildman–Crippen LogP) is 3.67. The van der Waals surface area contributed by atoms with Crippen molar-refractivity contribution in [1.82, 2.24) is 24.5 Å². The quantitative estimate of drug-likeness (QED) is 0.461. The molecule has 0 atom stereocenters. The maximum Gasteiger partial charge on any atom is 0.405 e. The van der Waals surface area contributed by atoms with E-state index in [-0.39, 0.29) is 0 Å². The number of aromatic nitrogens is 4. The van der Waals surface area contributed by atoms with Gasteiger partial charge in [0.25, 0.3) is 0 Å². The largest absolute Gasteiger partial charge is 0.405 e. The van der Waals surface area contributed by atoms with Crippen LogP contribution in [0.15, 0.2) is 55.0 Å². The molecule has 0 spiro atoms. The number of imidazole rings is 1. The Morgan fingerprint density at radius 2 is 2.00 bits per heavy atom. The van der Waals surface area contributed by atoms with Gasteiger partial charge in [0.05, 0.1) is 11.9 Å². The number of carbonyl (C=O) groups excluding carboxylic acids is 1. The molecule has 0 fully saturated rings. The zero-order valence-corrected chi connectivity index (χ0v) is 16.3. The lowest BCUT2D eigenvalue weighted by Crippen LogP contribution is -2.36. The SMILES string of the molecule is Cn1cc(-c2ccn3c(-c4cccc(NC(=O)NCC(F)(F)F)c4)cnc3c2)c(N)n1. The molecule has 0 saturated heterocycles. The fraction of sp³-hybridized carbons (Fsp3) is 0.150. The molecule has 3 aromatic heterocycles. The van der Waals surface area contributed by atoms with Crippen LogP contribution in [-0.2, 0) is 7.05 Å². The van der Waals surface area contributed by atoms with Crippen LogP contribution in [0.2, 0.25) is 0 Å². The third-order valence-electron chi connectivity index (χ3n) is 4.55. The van der Waals surface area contributed by atoms with Crippen molar-refractivity contribution >= 4 is 23.2 Å². The highest BCUT2D eigenvalue weighted by molar-refractivity contribution is 5.90. The summed E-state index contributed by atoms with van der Waals surface area (Å²) in [7, 11) is 1.79. The molecule has 0 aliphatic carbocycles. The number of nitrogen functional groups attached to an aromatic ring is 1. The first-order valence-corrected chi connectivity index (χ1v) is 9.18. The third kappa shape index (κ3) is 4.44. The fourth-order valence-electron chi connectivity index (χ4n) is 3.20. The maximum atomic E-state index is 12.2. The van der Waals surface area contributed by atoms with Gasteiger partial charge >= 0.3 is 12.2 Å². The monoisotopic (exact) mass is 429 g/mol. The van der Waals surface area contributed by atoms with Gasteiger partial charge in [0.2, 0.25) is 0 Å². The summed E-state index contributed by atoms with van der Waals surface area (Å²) in [6.07, 6.45) is 0.864. The second-order valence-corrected chi connectivity index (χ2v) is 6.89. The van der Waals surface area contributed by atoms with Gasteiger partial charge in [0.1, 0.15) is 12.2 Å². The molecule has 4 rings (SSSR count). The summed E-state index contributed by atoms with van der Waals surface area (Å²) in [6.45, 7) is -1.41. The van der Waals surface area contributed by atoms with Gasteiger partial charge in [-0.3, -0.25) is 9.08 Å². The van der Waals surface area contributed by atoms with E-state index < -0.39 is 18.8 Å². The summed E-state index contributed by atoms with van der Waals surface area (Å²) in [5, 5.41) is 8.32. The Morgan fingerprint density at radius 3 is 2.71 bits per heavy atom. The summed E-state index contributed by atoms with van der Waals surface area (Å²) in [4.78, 5) is 16.1. The molecule has 0 radical (unpaired) electrons. The van der Waals surface area contributed by atoms with Crippen LogP contribution in [0, 0.1) is 0 Å². The van der Waals surface area contributed by atoms with Crippen LogP contribution in [0.3, 0.4) is 0 Å². The fourth-order valence-corrected chi connectivity index (χ4v) is 3.20. The number of pyridine rings is 1. The number of benzene rings is 1. The van der Waals surface area contributed by atoms with E-state index in [0.717, 1.165) is 22.4 Å². The van der Waals surface area contributed by atoms with E-state index in [2.05, 4.69) is 15.4 Å². The molecule has 11 heteroatoms. The molecule has 1 aromatic carbocycles. The van der Waals surface area contributed by atoms with Crippen LogP contribution < -0.4 is 16.4 Å². The number of halogens is 3. The van der Waals surface area contributed by atoms with E-state index in [1.54, 1.807) is 41.4 Å². The summed E-state index contributed by atoms with van der Waals surface area (Å²) in [5.74, 6) is 0.418. The summed E-state index contributed by atoms with van der Waals surface area (Å²) in [6, 6.07) is 9.58. The molecule has 8 nitrogen and oxygen atoms in total. The number of nitrogens with two attached hydrogens (primary N) is 1. The highest BCUT2D eigenvalue weighted by atomic mass is 19.4. The molecular formula is C20H18F3N7O. The average molecular weight is 429 g/mol. The number of rotatable bonds is 4. The minimum Gasteiger partial charge on any atom is -0.382 e. The minimum atomic E-state index is -4.48. The van der Waals surface area contributed by atoms with Crippen molar-refractivity contribution in [2.75, 3.05) is 17.6 Å². The first kappa shape index (κ1) is 20.3. The van der Waals surface area contributed by atoms with Gasteiger partial charge in [-0.2, -0.15) is 18.3 Å². The summed E-state index contributed by atoms with van der Waals surface area (Å²) < 4.78 is 40.2. The average Bonchev–Trinajstić information content (AvgIpc) is 3.28. The van der Waals surface area contributed by atoms with Crippen molar-refractivity contribution in [3.63, 3.8) is 0 Å². The maximum absolute atomic E-state index is 12.2. The van der Waals surface area contributed by atoms with Crippen LogP contribution in [-0.4, -0.2) is 37.9 Å². The van der Waals surface area contributed by atoms with E-state index in [4.69, 9.17) is 5.73 Å². The van der Waals surface area contributed by atoms with Gasteiger partial charge in [-0.1, -0.05) is 12.1 Å². The van der Waals surface area contributed by atoms with Crippen molar-refractivity contribution in [3.8, 4) is 22.4 Å². The summed E-state index contributed by atoms with van der Waals surface area (Å²) in [5.41, 5.74) is 10.1. The van der Waals surface area contributed by atoms with Gasteiger partial charge in [-0.15, -0.1) is 0 Å². The van der Waals surface area contributed by atoms with Crippen LogP contribution in [0.25, 0.3) is 28.0 Å². The molecular weight excluding hydrogens is 411 g/mol. The Balaban J connectivity index is 1.58. The molecule has 0 saturated carbocycles. The number of amides is 2. The van der Waals surface area contributed by atoms with E-state index >= 15 is 0 Å². The van der Waals surface area contributed by atoms with Gasteiger partial charge in [-0.05, 0) is 29.8 Å². The molecule has 160 valence electrons. The topological polar surface area (TPSA) is 102 Å². The molecule has 0 unspecified atom stereocenters. The molecule has 0 aliphatic heterocycles. The zero-order chi connectivity index (χ0) is 22.2. The Bertz CT molecular complexity index is 1260. The number of hydrogen-bond donors (Lipinski definition) is 3. The molecule has 0 aliphatic rings. The number of aryl methyl sites for hydroxylation is 1. The Labute approximate surface area is 174 Å². The van der Waals surface area contributed by atoms with Crippen LogP contribution in [0.4, 0.5) is 29.5 Å². The van der Waals surface area contributed by atoms with Gasteiger partial charge in [-0.25, -0.2) is 9.78 Å². The van der Waals surface area contributed by atoms with Crippen molar-refractivity contribution in [2.45, 2.75) is 6.18 Å². The molecule has 4 aromatic rings. The second-order valence-electron chi connectivity index (χ2n) is 6.89. The van der Waals surface area contributed by atoms with Crippen molar-refractivity contribution in [2.24, 2.45) is 7.05 Å².